The number of carbonyl (C=O) groups is 1. The van der Waals surface area contributed by atoms with Crippen molar-refractivity contribution in [1.82, 2.24) is 4.90 Å². The minimum Gasteiger partial charge on any atom is -0.337 e. The van der Waals surface area contributed by atoms with Crippen molar-refractivity contribution >= 4 is 57.6 Å². The molecule has 2 heterocycles. The van der Waals surface area contributed by atoms with E-state index >= 15 is 0 Å². The lowest BCUT2D eigenvalue weighted by atomic mass is 10.3. The van der Waals surface area contributed by atoms with Crippen LogP contribution in [0.1, 0.15) is 0 Å². The number of likely N-dealkylation sites (N-methyl/N-ethyl adjacent to an activating group) is 1. The molecule has 0 unspecified atom stereocenters. The molecule has 0 bridgehead atoms. The number of carbonyl (C=O) groups excluding carboxylic acids is 1. The van der Waals surface area contributed by atoms with Gasteiger partial charge in [-0.25, -0.2) is 4.99 Å². The van der Waals surface area contributed by atoms with E-state index in [9.17, 15) is 4.79 Å². The Labute approximate surface area is 159 Å². The highest BCUT2D eigenvalue weighted by Gasteiger charge is 2.37. The molecule has 0 aliphatic carbocycles. The summed E-state index contributed by atoms with van der Waals surface area (Å²) in [4.78, 5) is 22.9. The summed E-state index contributed by atoms with van der Waals surface area (Å²) >= 11 is 9.04. The molecule has 2 aliphatic heterocycles. The normalized spacial score (nSPS) is 21.4. The topological polar surface area (TPSA) is 35.9 Å². The van der Waals surface area contributed by atoms with Crippen LogP contribution < -0.4 is 4.90 Å². The fraction of sp³-hybridized carbons (Fsp3) is 0.111. The van der Waals surface area contributed by atoms with Crippen LogP contribution in [-0.2, 0) is 4.79 Å². The number of anilines is 1. The molecular weight excluding hydrogens is 374 g/mol. The summed E-state index contributed by atoms with van der Waals surface area (Å²) in [6.07, 6.45) is 0. The van der Waals surface area contributed by atoms with Gasteiger partial charge in [0, 0.05) is 24.0 Å². The first kappa shape index (κ1) is 16.6. The molecule has 7 heteroatoms. The molecule has 0 saturated carbocycles. The third kappa shape index (κ3) is 2.94. The van der Waals surface area contributed by atoms with Gasteiger partial charge >= 0.3 is 0 Å². The van der Waals surface area contributed by atoms with Crippen molar-refractivity contribution in [3.8, 4) is 0 Å². The molecule has 2 aromatic rings. The Balaban J connectivity index is 1.71. The van der Waals surface area contributed by atoms with Crippen LogP contribution in [0, 0.1) is 0 Å². The number of hydrogen-bond donors (Lipinski definition) is 0. The Kier molecular flexibility index (Phi) is 4.27. The number of thioether (sulfide) groups is 2. The summed E-state index contributed by atoms with van der Waals surface area (Å²) in [5.41, 5.74) is 1.85. The summed E-state index contributed by atoms with van der Waals surface area (Å²) < 4.78 is 0. The first-order chi connectivity index (χ1) is 12.0. The van der Waals surface area contributed by atoms with Crippen LogP contribution in [0.25, 0.3) is 0 Å². The van der Waals surface area contributed by atoms with Gasteiger partial charge in [0.15, 0.2) is 5.17 Å². The highest BCUT2D eigenvalue weighted by molar-refractivity contribution is 8.19. The maximum atomic E-state index is 12.8. The van der Waals surface area contributed by atoms with Crippen molar-refractivity contribution in [2.75, 3.05) is 19.0 Å². The van der Waals surface area contributed by atoms with Crippen LogP contribution in [0.15, 0.2) is 68.4 Å². The molecular formula is C18H14ClN3OS2. The van der Waals surface area contributed by atoms with Crippen molar-refractivity contribution < 1.29 is 4.79 Å². The number of fused-ring (bicyclic) bond motifs is 1. The molecule has 4 rings (SSSR count). The minimum absolute atomic E-state index is 0.0343. The molecule has 25 heavy (non-hydrogen) atoms. The second-order valence-corrected chi connectivity index (χ2v) is 8.05. The zero-order valence-corrected chi connectivity index (χ0v) is 16.0. The predicted molar refractivity (Wildman–Crippen MR) is 107 cm³/mol. The molecule has 1 fully saturated rings. The minimum atomic E-state index is -0.0343. The predicted octanol–water partition coefficient (Wildman–Crippen LogP) is 4.94. The van der Waals surface area contributed by atoms with E-state index in [0.717, 1.165) is 21.3 Å². The van der Waals surface area contributed by atoms with Gasteiger partial charge in [0.05, 0.1) is 16.4 Å². The van der Waals surface area contributed by atoms with E-state index in [1.807, 2.05) is 31.3 Å². The van der Waals surface area contributed by atoms with Gasteiger partial charge < -0.3 is 4.90 Å². The fourth-order valence-electron chi connectivity index (χ4n) is 2.63. The number of amides is 1. The number of halogens is 1. The van der Waals surface area contributed by atoms with E-state index < -0.39 is 0 Å². The monoisotopic (exact) mass is 387 g/mol. The third-order valence-corrected chi connectivity index (χ3v) is 6.66. The van der Waals surface area contributed by atoms with Gasteiger partial charge in [-0.2, -0.15) is 0 Å². The number of rotatable bonds is 1. The lowest BCUT2D eigenvalue weighted by Gasteiger charge is -2.14. The Bertz CT molecular complexity index is 941. The Morgan fingerprint density at radius 2 is 1.80 bits per heavy atom. The Morgan fingerprint density at radius 1 is 1.00 bits per heavy atom. The van der Waals surface area contributed by atoms with E-state index in [-0.39, 0.29) is 5.91 Å². The van der Waals surface area contributed by atoms with Crippen LogP contribution in [-0.4, -0.2) is 30.1 Å². The molecule has 1 amide bonds. The third-order valence-electron chi connectivity index (χ3n) is 3.94. The number of aliphatic imine (C=N–C) groups is 1. The molecule has 4 nitrogen and oxygen atoms in total. The van der Waals surface area contributed by atoms with Crippen molar-refractivity contribution in [2.45, 2.75) is 4.90 Å². The van der Waals surface area contributed by atoms with Gasteiger partial charge in [-0.15, -0.1) is 0 Å². The van der Waals surface area contributed by atoms with Crippen LogP contribution >= 0.6 is 35.1 Å². The number of amidine groups is 1. The van der Waals surface area contributed by atoms with E-state index in [2.05, 4.69) is 22.0 Å². The van der Waals surface area contributed by atoms with Gasteiger partial charge in [-0.1, -0.05) is 41.6 Å². The highest BCUT2D eigenvalue weighted by atomic mass is 35.5. The quantitative estimate of drug-likeness (QED) is 0.649. The molecule has 0 N–H and O–H groups in total. The first-order valence-electron chi connectivity index (χ1n) is 7.59. The van der Waals surface area contributed by atoms with E-state index in [1.165, 1.54) is 11.8 Å². The van der Waals surface area contributed by atoms with Crippen LogP contribution in [0.5, 0.6) is 0 Å². The van der Waals surface area contributed by atoms with E-state index in [0.29, 0.717) is 15.1 Å². The lowest BCUT2D eigenvalue weighted by Crippen LogP contribution is -2.24. The molecule has 0 atom stereocenters. The van der Waals surface area contributed by atoms with Gasteiger partial charge in [0.25, 0.3) is 5.91 Å². The average Bonchev–Trinajstić information content (AvgIpc) is 3.07. The smallest absolute Gasteiger partial charge is 0.269 e. The van der Waals surface area contributed by atoms with Gasteiger partial charge in [0.1, 0.15) is 4.91 Å². The SMILES string of the molecule is CN1C(=O)/C(=C2/Sc3ccccc3N2C)SC1=Nc1cccc(Cl)c1. The molecule has 0 aromatic heterocycles. The standard InChI is InChI=1S/C18H14ClN3OS2/c1-21-13-8-3-4-9-14(13)24-17(21)15-16(23)22(2)18(25-15)20-12-7-5-6-11(19)10-12/h3-10H,1-2H3/b17-15-,20-18?. The second kappa shape index (κ2) is 6.44. The number of hydrogen-bond acceptors (Lipinski definition) is 5. The summed E-state index contributed by atoms with van der Waals surface area (Å²) in [6, 6.07) is 15.4. The summed E-state index contributed by atoms with van der Waals surface area (Å²) in [6.45, 7) is 0. The highest BCUT2D eigenvalue weighted by Crippen LogP contribution is 2.49. The number of nitrogens with zero attached hydrogens (tertiary/aromatic N) is 3. The molecule has 126 valence electrons. The van der Waals surface area contributed by atoms with E-state index in [4.69, 9.17) is 11.6 Å². The van der Waals surface area contributed by atoms with Crippen molar-refractivity contribution in [3.05, 3.63) is 63.5 Å². The van der Waals surface area contributed by atoms with Gasteiger partial charge in [-0.3, -0.25) is 9.69 Å². The molecule has 2 aliphatic rings. The Morgan fingerprint density at radius 3 is 2.56 bits per heavy atom. The molecule has 0 spiro atoms. The van der Waals surface area contributed by atoms with Gasteiger partial charge in [0.2, 0.25) is 0 Å². The van der Waals surface area contributed by atoms with Crippen molar-refractivity contribution in [3.63, 3.8) is 0 Å². The molecule has 2 aromatic carbocycles. The average molecular weight is 388 g/mol. The second-order valence-electron chi connectivity index (χ2n) is 5.60. The molecule has 1 saturated heterocycles. The number of para-hydroxylation sites is 1. The maximum Gasteiger partial charge on any atom is 0.269 e. The van der Waals surface area contributed by atoms with Crippen LogP contribution in [0.4, 0.5) is 11.4 Å². The summed E-state index contributed by atoms with van der Waals surface area (Å²) in [7, 11) is 3.74. The summed E-state index contributed by atoms with van der Waals surface area (Å²) in [5.74, 6) is -0.0343. The van der Waals surface area contributed by atoms with Crippen molar-refractivity contribution in [1.29, 1.82) is 0 Å². The van der Waals surface area contributed by atoms with Crippen LogP contribution in [0.2, 0.25) is 5.02 Å². The fourth-order valence-corrected chi connectivity index (χ4v) is 5.15. The first-order valence-corrected chi connectivity index (χ1v) is 9.61. The zero-order valence-electron chi connectivity index (χ0n) is 13.6. The van der Waals surface area contributed by atoms with Crippen LogP contribution in [0.3, 0.4) is 0 Å². The summed E-state index contributed by atoms with van der Waals surface area (Å²) in [5, 5.41) is 2.22. The molecule has 0 radical (unpaired) electrons. The van der Waals surface area contributed by atoms with Gasteiger partial charge in [-0.05, 0) is 42.1 Å². The zero-order chi connectivity index (χ0) is 17.6. The number of benzene rings is 2. The lowest BCUT2D eigenvalue weighted by molar-refractivity contribution is -0.121. The van der Waals surface area contributed by atoms with E-state index in [1.54, 1.807) is 35.8 Å². The van der Waals surface area contributed by atoms with Crippen molar-refractivity contribution in [2.24, 2.45) is 4.99 Å². The Hall–Kier alpha value is -1.89. The largest absolute Gasteiger partial charge is 0.337 e. The maximum absolute atomic E-state index is 12.8.